The molecule has 1 unspecified atom stereocenters. The Labute approximate surface area is 110 Å². The molecule has 0 radical (unpaired) electrons. The van der Waals surface area contributed by atoms with Gasteiger partial charge in [-0.1, -0.05) is 72.4 Å². The summed E-state index contributed by atoms with van der Waals surface area (Å²) in [5.41, 5.74) is 0.956. The molecule has 84 valence electrons. The quantitative estimate of drug-likeness (QED) is 0.634. The van der Waals surface area contributed by atoms with E-state index in [4.69, 9.17) is 46.4 Å². The number of halogens is 4. The third kappa shape index (κ3) is 3.71. The van der Waals surface area contributed by atoms with E-state index in [0.717, 1.165) is 5.56 Å². The standard InChI is InChI=1S/C11H12Cl4/c1-7(2)10(11(13,14)15)8-4-3-5-9(12)6-8/h3-7,10H,1-2H3. The fraction of sp³-hybridized carbons (Fsp3) is 0.455. The van der Waals surface area contributed by atoms with Gasteiger partial charge in [-0.05, 0) is 23.6 Å². The van der Waals surface area contributed by atoms with Crippen molar-refractivity contribution in [3.05, 3.63) is 34.9 Å². The minimum Gasteiger partial charge on any atom is -0.0843 e. The Bertz CT molecular complexity index is 328. The molecule has 1 atom stereocenters. The SMILES string of the molecule is CC(C)C(c1cccc(Cl)c1)C(Cl)(Cl)Cl. The predicted octanol–water partition coefficient (Wildman–Crippen LogP) is 5.45. The molecule has 0 spiro atoms. The van der Waals surface area contributed by atoms with Crippen molar-refractivity contribution >= 4 is 46.4 Å². The first-order chi connectivity index (χ1) is 6.82. The Morgan fingerprint density at radius 2 is 1.73 bits per heavy atom. The van der Waals surface area contributed by atoms with Crippen LogP contribution < -0.4 is 0 Å². The Morgan fingerprint density at radius 1 is 1.13 bits per heavy atom. The zero-order valence-electron chi connectivity index (χ0n) is 8.48. The highest BCUT2D eigenvalue weighted by Crippen LogP contribution is 2.46. The van der Waals surface area contributed by atoms with Crippen LogP contribution in [0.1, 0.15) is 25.3 Å². The summed E-state index contributed by atoms with van der Waals surface area (Å²) in [5.74, 6) is 0.0807. The summed E-state index contributed by atoms with van der Waals surface area (Å²) in [6.07, 6.45) is 0. The second kappa shape index (κ2) is 5.14. The highest BCUT2D eigenvalue weighted by Gasteiger charge is 2.36. The van der Waals surface area contributed by atoms with Crippen LogP contribution in [0.2, 0.25) is 5.02 Å². The van der Waals surface area contributed by atoms with Crippen LogP contribution in [0.15, 0.2) is 24.3 Å². The average Bonchev–Trinajstić information content (AvgIpc) is 1.99. The van der Waals surface area contributed by atoms with Gasteiger partial charge in [-0.3, -0.25) is 0 Å². The summed E-state index contributed by atoms with van der Waals surface area (Å²) >= 11 is 23.8. The third-order valence-electron chi connectivity index (χ3n) is 2.23. The molecule has 0 nitrogen and oxygen atoms in total. The molecule has 0 aromatic heterocycles. The molecule has 1 aromatic carbocycles. The lowest BCUT2D eigenvalue weighted by atomic mass is 9.90. The second-order valence-electron chi connectivity index (χ2n) is 3.82. The Balaban J connectivity index is 3.11. The van der Waals surface area contributed by atoms with Crippen molar-refractivity contribution in [1.29, 1.82) is 0 Å². The van der Waals surface area contributed by atoms with E-state index >= 15 is 0 Å². The summed E-state index contributed by atoms with van der Waals surface area (Å²) in [7, 11) is 0. The molecule has 0 saturated heterocycles. The van der Waals surface area contributed by atoms with Crippen molar-refractivity contribution in [3.63, 3.8) is 0 Å². The summed E-state index contributed by atoms with van der Waals surface area (Å²) < 4.78 is -1.31. The molecule has 0 N–H and O–H groups in total. The lowest BCUT2D eigenvalue weighted by Gasteiger charge is -2.28. The molecule has 15 heavy (non-hydrogen) atoms. The fourth-order valence-electron chi connectivity index (χ4n) is 1.65. The minimum absolute atomic E-state index is 0.152. The van der Waals surface area contributed by atoms with E-state index in [9.17, 15) is 0 Å². The topological polar surface area (TPSA) is 0 Å². The Morgan fingerprint density at radius 3 is 2.13 bits per heavy atom. The van der Waals surface area contributed by atoms with Crippen molar-refractivity contribution in [1.82, 2.24) is 0 Å². The highest BCUT2D eigenvalue weighted by atomic mass is 35.6. The van der Waals surface area contributed by atoms with Gasteiger partial charge in [0, 0.05) is 10.9 Å². The number of alkyl halides is 3. The van der Waals surface area contributed by atoms with E-state index in [0.29, 0.717) is 5.02 Å². The van der Waals surface area contributed by atoms with Crippen molar-refractivity contribution in [2.24, 2.45) is 5.92 Å². The van der Waals surface area contributed by atoms with Gasteiger partial charge in [0.25, 0.3) is 0 Å². The maximum Gasteiger partial charge on any atom is 0.197 e. The maximum atomic E-state index is 5.97. The fourth-order valence-corrected chi connectivity index (χ4v) is 2.98. The molecule has 0 saturated carbocycles. The van der Waals surface area contributed by atoms with E-state index in [1.54, 1.807) is 6.07 Å². The van der Waals surface area contributed by atoms with Crippen molar-refractivity contribution in [3.8, 4) is 0 Å². The van der Waals surface area contributed by atoms with Gasteiger partial charge < -0.3 is 0 Å². The van der Waals surface area contributed by atoms with E-state index < -0.39 is 3.79 Å². The van der Waals surface area contributed by atoms with Crippen LogP contribution in [0, 0.1) is 5.92 Å². The van der Waals surface area contributed by atoms with E-state index in [1.807, 2.05) is 32.0 Å². The summed E-state index contributed by atoms with van der Waals surface area (Å²) in [4.78, 5) is 0. The number of hydrogen-bond acceptors (Lipinski definition) is 0. The van der Waals surface area contributed by atoms with E-state index in [2.05, 4.69) is 0 Å². The zero-order valence-corrected chi connectivity index (χ0v) is 11.5. The number of benzene rings is 1. The van der Waals surface area contributed by atoms with Crippen molar-refractivity contribution in [2.45, 2.75) is 23.6 Å². The molecule has 0 aliphatic rings. The Kier molecular flexibility index (Phi) is 4.61. The van der Waals surface area contributed by atoms with E-state index in [-0.39, 0.29) is 11.8 Å². The average molecular weight is 286 g/mol. The normalized spacial score (nSPS) is 14.3. The second-order valence-corrected chi connectivity index (χ2v) is 6.62. The van der Waals surface area contributed by atoms with Gasteiger partial charge in [0.05, 0.1) is 0 Å². The molecule has 4 heteroatoms. The molecule has 0 amide bonds. The van der Waals surface area contributed by atoms with Crippen LogP contribution in [0.3, 0.4) is 0 Å². The largest absolute Gasteiger partial charge is 0.197 e. The predicted molar refractivity (Wildman–Crippen MR) is 69.3 cm³/mol. The molecule has 0 aliphatic heterocycles. The van der Waals surface area contributed by atoms with Crippen LogP contribution in [-0.2, 0) is 0 Å². The van der Waals surface area contributed by atoms with Crippen molar-refractivity contribution < 1.29 is 0 Å². The highest BCUT2D eigenvalue weighted by molar-refractivity contribution is 6.68. The van der Waals surface area contributed by atoms with Crippen LogP contribution in [0.25, 0.3) is 0 Å². The number of hydrogen-bond donors (Lipinski definition) is 0. The zero-order chi connectivity index (χ0) is 11.6. The van der Waals surface area contributed by atoms with Crippen LogP contribution in [0.4, 0.5) is 0 Å². The van der Waals surface area contributed by atoms with Gasteiger partial charge in [-0.25, -0.2) is 0 Å². The van der Waals surface area contributed by atoms with Crippen LogP contribution in [-0.4, -0.2) is 3.79 Å². The van der Waals surface area contributed by atoms with Gasteiger partial charge in [0.2, 0.25) is 0 Å². The van der Waals surface area contributed by atoms with Gasteiger partial charge in [-0.2, -0.15) is 0 Å². The molecule has 1 aromatic rings. The molecule has 0 aliphatic carbocycles. The molecule has 0 bridgehead atoms. The molecule has 0 fully saturated rings. The molecular formula is C11H12Cl4. The lowest BCUT2D eigenvalue weighted by Crippen LogP contribution is -2.22. The third-order valence-corrected chi connectivity index (χ3v) is 3.17. The van der Waals surface area contributed by atoms with Gasteiger partial charge in [-0.15, -0.1) is 0 Å². The van der Waals surface area contributed by atoms with Gasteiger partial charge in [0.15, 0.2) is 3.79 Å². The first kappa shape index (κ1) is 13.4. The molecule has 1 rings (SSSR count). The first-order valence-electron chi connectivity index (χ1n) is 4.64. The van der Waals surface area contributed by atoms with Crippen LogP contribution in [0.5, 0.6) is 0 Å². The monoisotopic (exact) mass is 284 g/mol. The first-order valence-corrected chi connectivity index (χ1v) is 6.15. The summed E-state index contributed by atoms with van der Waals surface area (Å²) in [5, 5.41) is 0.660. The summed E-state index contributed by atoms with van der Waals surface area (Å²) in [6.45, 7) is 4.04. The Hall–Kier alpha value is 0.380. The van der Waals surface area contributed by atoms with Gasteiger partial charge >= 0.3 is 0 Å². The van der Waals surface area contributed by atoms with Crippen molar-refractivity contribution in [2.75, 3.05) is 0 Å². The maximum absolute atomic E-state index is 5.97. The van der Waals surface area contributed by atoms with Crippen LogP contribution >= 0.6 is 46.4 Å². The van der Waals surface area contributed by atoms with E-state index in [1.165, 1.54) is 0 Å². The smallest absolute Gasteiger partial charge is 0.0843 e. The lowest BCUT2D eigenvalue weighted by molar-refractivity contribution is 0.505. The van der Waals surface area contributed by atoms with Gasteiger partial charge in [0.1, 0.15) is 0 Å². The molecule has 0 heterocycles. The molecular weight excluding hydrogens is 274 g/mol. The summed E-state index contributed by atoms with van der Waals surface area (Å²) in [6, 6.07) is 7.44. The minimum atomic E-state index is -1.31. The number of rotatable bonds is 2.